The molecule has 0 saturated heterocycles. The van der Waals surface area contributed by atoms with Gasteiger partial charge in [0.2, 0.25) is 0 Å². The van der Waals surface area contributed by atoms with Crippen molar-refractivity contribution in [2.45, 2.75) is 40.3 Å². The first kappa shape index (κ1) is 22.2. The number of methoxy groups -OCH3 is 2. The van der Waals surface area contributed by atoms with Gasteiger partial charge in [0.25, 0.3) is 5.91 Å². The molecule has 1 atom stereocenters. The summed E-state index contributed by atoms with van der Waals surface area (Å²) in [6.07, 6.45) is 0. The number of rotatable bonds is 8. The van der Waals surface area contributed by atoms with Gasteiger partial charge in [-0.25, -0.2) is 0 Å². The van der Waals surface area contributed by atoms with E-state index in [0.29, 0.717) is 29.4 Å². The van der Waals surface area contributed by atoms with E-state index in [0.717, 1.165) is 28.1 Å². The fourth-order valence-electron chi connectivity index (χ4n) is 3.39. The molecule has 0 aliphatic carbocycles. The second kappa shape index (κ2) is 9.55. The zero-order valence-corrected chi connectivity index (χ0v) is 18.7. The average molecular weight is 424 g/mol. The maximum absolute atomic E-state index is 12.7. The fraction of sp³-hybridized carbons (Fsp3) is 0.333. The number of amides is 1. The van der Waals surface area contributed by atoms with Crippen molar-refractivity contribution in [2.75, 3.05) is 14.2 Å². The number of aryl methyl sites for hydroxylation is 3. The number of benzene rings is 2. The van der Waals surface area contributed by atoms with Gasteiger partial charge in [0.1, 0.15) is 18.1 Å². The summed E-state index contributed by atoms with van der Waals surface area (Å²) in [4.78, 5) is 12.7. The van der Waals surface area contributed by atoms with E-state index in [1.807, 2.05) is 39.8 Å². The second-order valence-corrected chi connectivity index (χ2v) is 7.37. The van der Waals surface area contributed by atoms with Gasteiger partial charge in [-0.2, -0.15) is 0 Å². The Kier molecular flexibility index (Phi) is 6.84. The second-order valence-electron chi connectivity index (χ2n) is 7.37. The predicted octanol–water partition coefficient (Wildman–Crippen LogP) is 4.69. The molecule has 0 aliphatic rings. The number of nitrogens with one attached hydrogen (secondary N) is 1. The SMILES string of the molecule is COc1cc(C)c(C(C)NC(=O)c2ccc(OCc3c(C)noc3C)cc2)cc1OC. The minimum atomic E-state index is -0.206. The van der Waals surface area contributed by atoms with Crippen molar-refractivity contribution in [3.05, 3.63) is 70.1 Å². The number of aromatic nitrogens is 1. The van der Waals surface area contributed by atoms with Gasteiger partial charge in [0, 0.05) is 5.56 Å². The van der Waals surface area contributed by atoms with E-state index in [4.69, 9.17) is 18.7 Å². The van der Waals surface area contributed by atoms with Gasteiger partial charge in [-0.3, -0.25) is 4.79 Å². The first-order valence-electron chi connectivity index (χ1n) is 10.0. The van der Waals surface area contributed by atoms with Crippen molar-refractivity contribution in [3.8, 4) is 17.2 Å². The molecule has 0 fully saturated rings. The molecule has 0 radical (unpaired) electrons. The molecular formula is C24H28N2O5. The van der Waals surface area contributed by atoms with Gasteiger partial charge in [-0.1, -0.05) is 5.16 Å². The standard InChI is InChI=1S/C24H28N2O5/c1-14-11-22(28-5)23(29-6)12-20(14)15(2)25-24(27)18-7-9-19(10-8-18)30-13-21-16(3)26-31-17(21)4/h7-12,15H,13H2,1-6H3,(H,25,27). The summed E-state index contributed by atoms with van der Waals surface area (Å²) in [5.41, 5.74) is 4.27. The smallest absolute Gasteiger partial charge is 0.251 e. The first-order chi connectivity index (χ1) is 14.8. The number of carbonyl (C=O) groups excluding carboxylic acids is 1. The number of carbonyl (C=O) groups is 1. The molecule has 1 heterocycles. The van der Waals surface area contributed by atoms with E-state index >= 15 is 0 Å². The van der Waals surface area contributed by atoms with E-state index in [9.17, 15) is 4.79 Å². The zero-order chi connectivity index (χ0) is 22.5. The largest absolute Gasteiger partial charge is 0.493 e. The maximum atomic E-state index is 12.7. The molecular weight excluding hydrogens is 396 g/mol. The Labute approximate surface area is 182 Å². The van der Waals surface area contributed by atoms with Crippen LogP contribution in [0.15, 0.2) is 40.9 Å². The Morgan fingerprint density at radius 1 is 1.06 bits per heavy atom. The lowest BCUT2D eigenvalue weighted by atomic mass is 10.0. The van der Waals surface area contributed by atoms with E-state index < -0.39 is 0 Å². The van der Waals surface area contributed by atoms with Gasteiger partial charge >= 0.3 is 0 Å². The normalized spacial score (nSPS) is 11.7. The molecule has 3 aromatic rings. The maximum Gasteiger partial charge on any atom is 0.251 e. The van der Waals surface area contributed by atoms with Gasteiger partial charge in [-0.05, 0) is 75.2 Å². The average Bonchev–Trinajstić information content (AvgIpc) is 3.09. The Balaban J connectivity index is 1.65. The monoisotopic (exact) mass is 424 g/mol. The predicted molar refractivity (Wildman–Crippen MR) is 117 cm³/mol. The topological polar surface area (TPSA) is 82.8 Å². The molecule has 2 aromatic carbocycles. The van der Waals surface area contributed by atoms with Gasteiger partial charge in [-0.15, -0.1) is 0 Å². The highest BCUT2D eigenvalue weighted by atomic mass is 16.5. The molecule has 1 amide bonds. The van der Waals surface area contributed by atoms with Crippen LogP contribution in [0.3, 0.4) is 0 Å². The summed E-state index contributed by atoms with van der Waals surface area (Å²) in [7, 11) is 3.19. The van der Waals surface area contributed by atoms with E-state index in [1.165, 1.54) is 0 Å². The summed E-state index contributed by atoms with van der Waals surface area (Å²) in [5, 5.41) is 6.96. The summed E-state index contributed by atoms with van der Waals surface area (Å²) in [5.74, 6) is 2.53. The summed E-state index contributed by atoms with van der Waals surface area (Å²) in [6, 6.07) is 10.6. The molecule has 0 spiro atoms. The first-order valence-corrected chi connectivity index (χ1v) is 10.0. The van der Waals surface area contributed by atoms with Crippen molar-refractivity contribution >= 4 is 5.91 Å². The zero-order valence-electron chi connectivity index (χ0n) is 18.7. The molecule has 1 aromatic heterocycles. The molecule has 31 heavy (non-hydrogen) atoms. The Morgan fingerprint density at radius 3 is 2.29 bits per heavy atom. The van der Waals surface area contributed by atoms with Crippen LogP contribution in [-0.4, -0.2) is 25.3 Å². The third-order valence-corrected chi connectivity index (χ3v) is 5.27. The molecule has 1 unspecified atom stereocenters. The summed E-state index contributed by atoms with van der Waals surface area (Å²) < 4.78 is 21.7. The van der Waals surface area contributed by atoms with Gasteiger partial charge < -0.3 is 24.1 Å². The molecule has 0 aliphatic heterocycles. The molecule has 7 heteroatoms. The van der Waals surface area contributed by atoms with Crippen molar-refractivity contribution in [3.63, 3.8) is 0 Å². The minimum absolute atomic E-state index is 0.168. The lowest BCUT2D eigenvalue weighted by Gasteiger charge is -2.19. The van der Waals surface area contributed by atoms with E-state index in [2.05, 4.69) is 10.5 Å². The number of ether oxygens (including phenoxy) is 3. The molecule has 0 bridgehead atoms. The lowest BCUT2D eigenvalue weighted by molar-refractivity contribution is 0.0939. The summed E-state index contributed by atoms with van der Waals surface area (Å²) in [6.45, 7) is 8.01. The van der Waals surface area contributed by atoms with Crippen LogP contribution < -0.4 is 19.5 Å². The number of hydrogen-bond acceptors (Lipinski definition) is 6. The molecule has 1 N–H and O–H groups in total. The van der Waals surface area contributed by atoms with Gasteiger partial charge in [0.05, 0.1) is 31.5 Å². The highest BCUT2D eigenvalue weighted by Gasteiger charge is 2.17. The van der Waals surface area contributed by atoms with Crippen LogP contribution in [-0.2, 0) is 6.61 Å². The third kappa shape index (κ3) is 4.99. The van der Waals surface area contributed by atoms with Crippen molar-refractivity contribution in [1.29, 1.82) is 0 Å². The lowest BCUT2D eigenvalue weighted by Crippen LogP contribution is -2.27. The van der Waals surface area contributed by atoms with Crippen LogP contribution in [0.25, 0.3) is 0 Å². The van der Waals surface area contributed by atoms with Crippen LogP contribution in [0.2, 0.25) is 0 Å². The van der Waals surface area contributed by atoms with E-state index in [1.54, 1.807) is 38.5 Å². The highest BCUT2D eigenvalue weighted by Crippen LogP contribution is 2.33. The Bertz CT molecular complexity index is 1040. The molecule has 3 rings (SSSR count). The van der Waals surface area contributed by atoms with Crippen LogP contribution >= 0.6 is 0 Å². The van der Waals surface area contributed by atoms with Crippen LogP contribution in [0.5, 0.6) is 17.2 Å². The Hall–Kier alpha value is -3.48. The number of nitrogens with zero attached hydrogens (tertiary/aromatic N) is 1. The minimum Gasteiger partial charge on any atom is -0.493 e. The quantitative estimate of drug-likeness (QED) is 0.565. The van der Waals surface area contributed by atoms with E-state index in [-0.39, 0.29) is 11.9 Å². The van der Waals surface area contributed by atoms with Crippen molar-refractivity contribution in [2.24, 2.45) is 0 Å². The molecule has 7 nitrogen and oxygen atoms in total. The van der Waals surface area contributed by atoms with Crippen molar-refractivity contribution in [1.82, 2.24) is 10.5 Å². The van der Waals surface area contributed by atoms with Crippen LogP contribution in [0, 0.1) is 20.8 Å². The number of hydrogen-bond donors (Lipinski definition) is 1. The van der Waals surface area contributed by atoms with Crippen molar-refractivity contribution < 1.29 is 23.5 Å². The third-order valence-electron chi connectivity index (χ3n) is 5.27. The van der Waals surface area contributed by atoms with Crippen LogP contribution in [0.4, 0.5) is 0 Å². The molecule has 0 saturated carbocycles. The highest BCUT2D eigenvalue weighted by molar-refractivity contribution is 5.94. The fourth-order valence-corrected chi connectivity index (χ4v) is 3.39. The van der Waals surface area contributed by atoms with Gasteiger partial charge in [0.15, 0.2) is 11.5 Å². The Morgan fingerprint density at radius 2 is 1.71 bits per heavy atom. The molecule has 164 valence electrons. The summed E-state index contributed by atoms with van der Waals surface area (Å²) >= 11 is 0. The van der Waals surface area contributed by atoms with Crippen LogP contribution in [0.1, 0.15) is 51.5 Å².